The number of nitrogens with two attached hydrogens (primary N) is 1. The molecule has 11 amide bonds. The molecule has 4 heterocycles. The molecule has 5 aromatic rings. The van der Waals surface area contributed by atoms with Gasteiger partial charge < -0.3 is 128 Å². The van der Waals surface area contributed by atoms with E-state index in [2.05, 4.69) is 68.5 Å². The fourth-order valence-corrected chi connectivity index (χ4v) is 23.2. The number of carbonyl (C=O) groups excluding carboxylic acids is 11. The molecule has 0 spiro atoms. The molecule has 791 valence electrons. The topological polar surface area (TPSA) is 663 Å². The number of aromatic nitrogens is 2. The van der Waals surface area contributed by atoms with E-state index in [9.17, 15) is 93.6 Å². The number of aromatic hydroxyl groups is 1. The van der Waals surface area contributed by atoms with Crippen LogP contribution < -0.4 is 74.1 Å². The summed E-state index contributed by atoms with van der Waals surface area (Å²) in [6, 6.07) is 4.18. The molecule has 0 bridgehead atoms. The van der Waals surface area contributed by atoms with Gasteiger partial charge in [0.2, 0.25) is 59.1 Å². The first-order valence-electron chi connectivity index (χ1n) is 46.1. The van der Waals surface area contributed by atoms with Crippen LogP contribution in [0.25, 0.3) is 10.9 Å². The minimum atomic E-state index is -3.86. The molecule has 7 rings (SSSR count). The molecule has 2 aromatic heterocycles. The average Bonchev–Trinajstić information content (AvgIpc) is 0.784. The van der Waals surface area contributed by atoms with Crippen molar-refractivity contribution in [3.8, 4) is 11.5 Å². The van der Waals surface area contributed by atoms with E-state index in [0.717, 1.165) is 35.4 Å². The number of para-hydroxylation sites is 1. The quantitative estimate of drug-likeness (QED) is 0.00927. The normalized spacial score (nSPS) is 19.5. The number of aliphatic hydroxyl groups excluding tert-OH is 2. The Balaban J connectivity index is 0.0000309. The number of halogens is 1. The number of pyridine rings is 1. The van der Waals surface area contributed by atoms with E-state index in [1.165, 1.54) is 63.2 Å². The number of aliphatic carboxylic acids is 5. The van der Waals surface area contributed by atoms with E-state index in [-0.39, 0.29) is 159 Å². The number of H-pyrrole nitrogens is 1. The standard InChI is InChI=1S/C92H133FN18O27S2Si.Lu/c1-54(112)79-88(131)104-68(87(130)107-80(55(2)113)90(134)135)53-140-139-52-67(86(129)101-64(42-57-22-24-59(114)25-23-57)84(127)102-65(43-58-46-96-61-20-14-13-19-60(58)61)85(128)100-62(82(125)106-79)21-15-16-28-94)103-83(126)63(41-56-17-11-10-12-18-56)99-74(116)44-66(81(124)95-29-38-137-39-40-138-51-75(117)105-72-45-70(136-9)71(47-97-72)141(93,91(3,4)5)92(6,7)8)98-73(115)27-26-69(89(132)133)111-36-34-109(49-77(120)121)32-30-108(48-76(118)119)31-33-110(35-37-111)50-78(122)123;/h10-14,17-20,22-25,45-47,54-55,62-69,79-80,96,112-114H,15-16,21,26-44,48-53,94H2,1-9H3,(H,95,124)(H,98,115)(H,99,116)(H,100,128)(H,101,129)(H,102,127)(H,103,126)(H,104,131)(H,106,125)(H,107,130)(H,118,119)(H,120,121)(H,122,123)(H,132,133)(H,134,135)(H,97,105,117);/t54-,55-,62+,63-,64+,65-,66+,67+,68+,69?,79+,80+;/m1./s1. The summed E-state index contributed by atoms with van der Waals surface area (Å²) in [6.07, 6.45) is -3.46. The molecule has 0 aliphatic carbocycles. The van der Waals surface area contributed by atoms with Crippen molar-refractivity contribution in [3.05, 3.63) is 114 Å². The summed E-state index contributed by atoms with van der Waals surface area (Å²) >= 11 is 0. The van der Waals surface area contributed by atoms with E-state index in [0.29, 0.717) is 39.2 Å². The van der Waals surface area contributed by atoms with Gasteiger partial charge in [-0.1, -0.05) is 124 Å². The number of hydrogen-bond donors (Lipinski definition) is 21. The van der Waals surface area contributed by atoms with Gasteiger partial charge in [0.1, 0.15) is 78.3 Å². The van der Waals surface area contributed by atoms with Crippen molar-refractivity contribution in [2.24, 2.45) is 5.73 Å². The molecule has 1 unspecified atom stereocenters. The van der Waals surface area contributed by atoms with Crippen molar-refractivity contribution in [2.45, 2.75) is 196 Å². The molecular formula is C92H133FLuN18O27S2Si. The number of benzene rings is 3. The second kappa shape index (κ2) is 58.8. The number of carbonyl (C=O) groups is 16. The van der Waals surface area contributed by atoms with Crippen molar-refractivity contribution < 1.29 is 173 Å². The van der Waals surface area contributed by atoms with Gasteiger partial charge in [-0.2, -0.15) is 0 Å². The third kappa shape index (κ3) is 38.7. The van der Waals surface area contributed by atoms with Crippen LogP contribution in [-0.2, 0) is 105 Å². The van der Waals surface area contributed by atoms with Crippen molar-refractivity contribution in [2.75, 3.05) is 135 Å². The van der Waals surface area contributed by atoms with Gasteiger partial charge in [-0.25, -0.2) is 9.78 Å². The Morgan fingerprint density at radius 2 is 1.17 bits per heavy atom. The number of unbranched alkanes of at least 4 members (excludes halogenated alkanes) is 1. The zero-order valence-electron chi connectivity index (χ0n) is 80.6. The third-order valence-corrected chi connectivity index (χ3v) is 31.2. The van der Waals surface area contributed by atoms with Crippen LogP contribution in [0, 0.1) is 36.9 Å². The van der Waals surface area contributed by atoms with Crippen LogP contribution >= 0.6 is 21.6 Å². The van der Waals surface area contributed by atoms with Crippen LogP contribution in [0.5, 0.6) is 11.5 Å². The van der Waals surface area contributed by atoms with Gasteiger partial charge in [0.15, 0.2) is 6.04 Å². The SMILES string of the molecule is COc1cc(NC(=O)COCCOCCNC(=O)[C@H](CC(=O)N[C@H](Cc2ccccc2)C(=O)N[C@H]2CSSC[C@@H](C(=O)N[C@H](C(=O)O)[C@@H](C)O)NC(=O)[C@H]([C@@H](C)O)NC(=O)[C@H](CCCCN)NC(=O)[C@@H](Cc3c[nH]c4ccccc34)NC(=O)[C@H](Cc3ccc(O)cc3)NC2=O)NC(=O)CCC(C(=O)O)N2CCN(CC(=O)O)CCN(CC(=O)O)CCN(CC(=O)O)CC2)ncc1[Si](F)(C(C)(C)C)C(C)(C)C.[Lu]. The second-order valence-corrected chi connectivity index (χ2v) is 43.8. The predicted molar refractivity (Wildman–Crippen MR) is 519 cm³/mol. The van der Waals surface area contributed by atoms with Gasteiger partial charge >= 0.3 is 29.8 Å². The Kier molecular flexibility index (Phi) is 49.7. The van der Waals surface area contributed by atoms with Gasteiger partial charge in [0.25, 0.3) is 14.3 Å². The molecule has 2 fully saturated rings. The Bertz CT molecular complexity index is 5040. The number of rotatable bonds is 44. The summed E-state index contributed by atoms with van der Waals surface area (Å²) in [5, 5.41) is 110. The zero-order chi connectivity index (χ0) is 104. The molecule has 142 heavy (non-hydrogen) atoms. The van der Waals surface area contributed by atoms with Crippen LogP contribution in [0.2, 0.25) is 10.1 Å². The average molecular weight is 2210 g/mol. The number of carboxylic acids is 5. The number of amides is 11. The summed E-state index contributed by atoms with van der Waals surface area (Å²) < 4.78 is 34.2. The molecule has 45 nitrogen and oxygen atoms in total. The minimum Gasteiger partial charge on any atom is -0.508 e. The van der Waals surface area contributed by atoms with E-state index in [1.807, 2.05) is 41.5 Å². The Hall–Kier alpha value is -10.8. The van der Waals surface area contributed by atoms with Crippen LogP contribution in [0.1, 0.15) is 111 Å². The number of nitrogens with zero attached hydrogens (tertiary/aromatic N) is 5. The first kappa shape index (κ1) is 120. The molecule has 50 heteroatoms. The largest absolute Gasteiger partial charge is 0.508 e. The van der Waals surface area contributed by atoms with Gasteiger partial charge in [-0.15, -0.1) is 0 Å². The van der Waals surface area contributed by atoms with Crippen LogP contribution in [-0.4, -0.2) is 376 Å². The smallest absolute Gasteiger partial charge is 0.328 e. The Morgan fingerprint density at radius 3 is 1.74 bits per heavy atom. The van der Waals surface area contributed by atoms with Crippen molar-refractivity contribution in [1.29, 1.82) is 0 Å². The van der Waals surface area contributed by atoms with Gasteiger partial charge in [0.05, 0.1) is 65.2 Å². The number of ether oxygens (including phenoxy) is 3. The maximum absolute atomic E-state index is 17.3. The number of aromatic amines is 1. The molecule has 0 saturated carbocycles. The fourth-order valence-electron chi connectivity index (χ4n) is 16.2. The monoisotopic (exact) mass is 2210 g/mol. The Morgan fingerprint density at radius 1 is 0.613 bits per heavy atom. The number of phenols is 1. The molecule has 2 saturated heterocycles. The van der Waals surface area contributed by atoms with Gasteiger partial charge in [-0.3, -0.25) is 91.5 Å². The summed E-state index contributed by atoms with van der Waals surface area (Å²) in [4.78, 5) is 238. The van der Waals surface area contributed by atoms with Crippen molar-refractivity contribution in [3.63, 3.8) is 0 Å². The van der Waals surface area contributed by atoms with E-state index < -0.39 is 256 Å². The van der Waals surface area contributed by atoms with Crippen molar-refractivity contribution in [1.82, 2.24) is 82.7 Å². The minimum absolute atomic E-state index is 0. The number of fused-ring (bicyclic) bond motifs is 1. The molecule has 3 aromatic carbocycles. The number of hydrogen-bond acceptors (Lipinski definition) is 30. The molecule has 2 aliphatic heterocycles. The Labute approximate surface area is 859 Å². The molecule has 22 N–H and O–H groups in total. The maximum atomic E-state index is 17.3. The number of methoxy groups -OCH3 is 1. The summed E-state index contributed by atoms with van der Waals surface area (Å²) in [5.74, 6) is -19.5. The summed E-state index contributed by atoms with van der Waals surface area (Å²) in [5.41, 5.74) is 7.67. The van der Waals surface area contributed by atoms with E-state index in [4.69, 9.17) is 19.9 Å². The molecule has 2 aliphatic rings. The van der Waals surface area contributed by atoms with E-state index in [1.54, 1.807) is 60.8 Å². The van der Waals surface area contributed by atoms with Gasteiger partial charge in [0, 0.05) is 168 Å². The van der Waals surface area contributed by atoms with E-state index >= 15 is 28.1 Å². The second-order valence-electron chi connectivity index (χ2n) is 36.4. The number of carboxylic acid groups (broad SMARTS) is 5. The predicted octanol–water partition coefficient (Wildman–Crippen LogP) is -1.35. The summed E-state index contributed by atoms with van der Waals surface area (Å²) in [7, 11) is -0.983. The fraction of sp³-hybridized carbons (Fsp3) is 0.554. The number of anilines is 1. The van der Waals surface area contributed by atoms with Crippen molar-refractivity contribution >= 4 is 147 Å². The molecule has 12 atom stereocenters. The first-order valence-corrected chi connectivity index (χ1v) is 50.4. The zero-order valence-corrected chi connectivity index (χ0v) is 84.9. The van der Waals surface area contributed by atoms with Crippen LogP contribution in [0.15, 0.2) is 97.3 Å². The third-order valence-electron chi connectivity index (χ3n) is 23.5. The summed E-state index contributed by atoms with van der Waals surface area (Å²) in [6.45, 7) is 9.62. The van der Waals surface area contributed by atoms with Crippen LogP contribution in [0.4, 0.5) is 9.93 Å². The number of phenolic OH excluding ortho intramolecular Hbond substituents is 1. The molecular weight excluding hydrogens is 2080 g/mol. The van der Waals surface area contributed by atoms with Crippen LogP contribution in [0.3, 0.4) is 0 Å². The first-order chi connectivity index (χ1) is 66.7. The maximum Gasteiger partial charge on any atom is 0.328 e. The number of aliphatic hydroxyl groups is 2. The number of nitrogens with one attached hydrogen (secondary N) is 12. The molecule has 1 radical (unpaired) electrons. The van der Waals surface area contributed by atoms with Gasteiger partial charge in [-0.05, 0) is 91.0 Å².